The minimum atomic E-state index is 0.185. The van der Waals surface area contributed by atoms with Crippen LogP contribution in [0.4, 0.5) is 5.82 Å². The SMILES string of the molecule is CC(C)N(CCCO)c1ccc(Cl)nn1. The smallest absolute Gasteiger partial charge is 0.151 e. The van der Waals surface area contributed by atoms with E-state index in [0.717, 1.165) is 18.8 Å². The summed E-state index contributed by atoms with van der Waals surface area (Å²) in [5.41, 5.74) is 0. The zero-order chi connectivity index (χ0) is 11.3. The lowest BCUT2D eigenvalue weighted by atomic mass is 10.3. The molecule has 0 amide bonds. The molecular weight excluding hydrogens is 214 g/mol. The van der Waals surface area contributed by atoms with Gasteiger partial charge in [0.05, 0.1) is 0 Å². The fraction of sp³-hybridized carbons (Fsp3) is 0.600. The summed E-state index contributed by atoms with van der Waals surface area (Å²) >= 11 is 5.67. The van der Waals surface area contributed by atoms with Gasteiger partial charge in [-0.3, -0.25) is 0 Å². The minimum Gasteiger partial charge on any atom is -0.396 e. The lowest BCUT2D eigenvalue weighted by Gasteiger charge is -2.26. The second kappa shape index (κ2) is 5.88. The van der Waals surface area contributed by atoms with Crippen LogP contribution in [-0.4, -0.2) is 34.5 Å². The van der Waals surface area contributed by atoms with E-state index in [1.165, 1.54) is 0 Å². The third-order valence-corrected chi connectivity index (χ3v) is 2.29. The van der Waals surface area contributed by atoms with E-state index in [4.69, 9.17) is 16.7 Å². The summed E-state index contributed by atoms with van der Waals surface area (Å²) in [4.78, 5) is 2.08. The molecule has 0 spiro atoms. The van der Waals surface area contributed by atoms with Crippen LogP contribution in [0.25, 0.3) is 0 Å². The minimum absolute atomic E-state index is 0.185. The van der Waals surface area contributed by atoms with Gasteiger partial charge in [0.1, 0.15) is 0 Å². The number of aromatic nitrogens is 2. The number of rotatable bonds is 5. The highest BCUT2D eigenvalue weighted by atomic mass is 35.5. The van der Waals surface area contributed by atoms with Gasteiger partial charge in [-0.25, -0.2) is 0 Å². The number of aliphatic hydroxyl groups excluding tert-OH is 1. The number of anilines is 1. The van der Waals surface area contributed by atoms with Crippen LogP contribution < -0.4 is 4.90 Å². The van der Waals surface area contributed by atoms with Crippen LogP contribution in [0, 0.1) is 0 Å². The first kappa shape index (κ1) is 12.2. The molecule has 1 aromatic heterocycles. The molecular formula is C10H16ClN3O. The topological polar surface area (TPSA) is 49.2 Å². The summed E-state index contributed by atoms with van der Waals surface area (Å²) < 4.78 is 0. The molecule has 0 radical (unpaired) electrons. The Hall–Kier alpha value is -0.870. The largest absolute Gasteiger partial charge is 0.396 e. The van der Waals surface area contributed by atoms with Crippen molar-refractivity contribution in [2.24, 2.45) is 0 Å². The molecule has 4 nitrogen and oxygen atoms in total. The van der Waals surface area contributed by atoms with Crippen molar-refractivity contribution in [2.75, 3.05) is 18.1 Å². The van der Waals surface area contributed by atoms with Gasteiger partial charge in [-0.05, 0) is 32.4 Å². The van der Waals surface area contributed by atoms with E-state index in [-0.39, 0.29) is 6.61 Å². The number of hydrogen-bond donors (Lipinski definition) is 1. The number of aliphatic hydroxyl groups is 1. The van der Waals surface area contributed by atoms with E-state index in [0.29, 0.717) is 11.2 Å². The van der Waals surface area contributed by atoms with Crippen molar-refractivity contribution < 1.29 is 5.11 Å². The molecule has 0 saturated carbocycles. The van der Waals surface area contributed by atoms with Crippen LogP contribution in [0.3, 0.4) is 0 Å². The molecule has 1 N–H and O–H groups in total. The van der Waals surface area contributed by atoms with Crippen molar-refractivity contribution in [3.05, 3.63) is 17.3 Å². The second-order valence-corrected chi connectivity index (χ2v) is 3.97. The standard InChI is InChI=1S/C10H16ClN3O/c1-8(2)14(6-3-7-15)10-5-4-9(11)12-13-10/h4-5,8,15H,3,6-7H2,1-2H3. The molecule has 0 aromatic carbocycles. The maximum Gasteiger partial charge on any atom is 0.151 e. The highest BCUT2D eigenvalue weighted by Crippen LogP contribution is 2.14. The van der Waals surface area contributed by atoms with Crippen LogP contribution in [0.5, 0.6) is 0 Å². The monoisotopic (exact) mass is 229 g/mol. The molecule has 0 aliphatic rings. The van der Waals surface area contributed by atoms with E-state index in [2.05, 4.69) is 28.9 Å². The predicted molar refractivity (Wildman–Crippen MR) is 61.2 cm³/mol. The Kier molecular flexibility index (Phi) is 4.78. The molecule has 0 saturated heterocycles. The molecule has 0 aliphatic carbocycles. The lowest BCUT2D eigenvalue weighted by molar-refractivity contribution is 0.288. The van der Waals surface area contributed by atoms with E-state index in [9.17, 15) is 0 Å². The summed E-state index contributed by atoms with van der Waals surface area (Å²) in [6.07, 6.45) is 0.725. The third kappa shape index (κ3) is 3.64. The summed E-state index contributed by atoms with van der Waals surface area (Å²) in [5.74, 6) is 0.794. The summed E-state index contributed by atoms with van der Waals surface area (Å²) in [6, 6.07) is 3.89. The molecule has 1 aromatic rings. The fourth-order valence-corrected chi connectivity index (χ4v) is 1.44. The lowest BCUT2D eigenvalue weighted by Crippen LogP contribution is -2.33. The van der Waals surface area contributed by atoms with Crippen molar-refractivity contribution in [1.82, 2.24) is 10.2 Å². The third-order valence-electron chi connectivity index (χ3n) is 2.09. The molecule has 0 bridgehead atoms. The summed E-state index contributed by atoms with van der Waals surface area (Å²) in [6.45, 7) is 5.11. The summed E-state index contributed by atoms with van der Waals surface area (Å²) in [5, 5.41) is 17.0. The van der Waals surface area contributed by atoms with Gasteiger partial charge in [0, 0.05) is 19.2 Å². The van der Waals surface area contributed by atoms with Crippen LogP contribution in [0.15, 0.2) is 12.1 Å². The first-order chi connectivity index (χ1) is 7.15. The Morgan fingerprint density at radius 3 is 2.60 bits per heavy atom. The average molecular weight is 230 g/mol. The number of halogens is 1. The Labute approximate surface area is 94.9 Å². The van der Waals surface area contributed by atoms with Gasteiger partial charge in [0.25, 0.3) is 0 Å². The zero-order valence-corrected chi connectivity index (χ0v) is 9.78. The molecule has 0 unspecified atom stereocenters. The van der Waals surface area contributed by atoms with Gasteiger partial charge in [-0.2, -0.15) is 0 Å². The highest BCUT2D eigenvalue weighted by Gasteiger charge is 2.11. The molecule has 5 heteroatoms. The van der Waals surface area contributed by atoms with Gasteiger partial charge in [0.2, 0.25) is 0 Å². The van der Waals surface area contributed by atoms with Crippen molar-refractivity contribution >= 4 is 17.4 Å². The van der Waals surface area contributed by atoms with Gasteiger partial charge in [0.15, 0.2) is 11.0 Å². The number of hydrogen-bond acceptors (Lipinski definition) is 4. The normalized spacial score (nSPS) is 10.7. The van der Waals surface area contributed by atoms with Crippen molar-refractivity contribution in [2.45, 2.75) is 26.3 Å². The molecule has 0 aliphatic heterocycles. The molecule has 1 heterocycles. The van der Waals surface area contributed by atoms with Gasteiger partial charge in [-0.1, -0.05) is 11.6 Å². The van der Waals surface area contributed by atoms with Crippen LogP contribution in [0.1, 0.15) is 20.3 Å². The Bertz CT molecular complexity index is 289. The zero-order valence-electron chi connectivity index (χ0n) is 9.02. The number of nitrogens with zero attached hydrogens (tertiary/aromatic N) is 3. The van der Waals surface area contributed by atoms with Crippen molar-refractivity contribution in [1.29, 1.82) is 0 Å². The molecule has 15 heavy (non-hydrogen) atoms. The fourth-order valence-electron chi connectivity index (χ4n) is 1.34. The van der Waals surface area contributed by atoms with Crippen LogP contribution in [0.2, 0.25) is 5.15 Å². The Morgan fingerprint density at radius 1 is 1.40 bits per heavy atom. The summed E-state index contributed by atoms with van der Waals surface area (Å²) in [7, 11) is 0. The van der Waals surface area contributed by atoms with Gasteiger partial charge >= 0.3 is 0 Å². The first-order valence-electron chi connectivity index (χ1n) is 5.02. The predicted octanol–water partition coefficient (Wildman–Crippen LogP) is 1.73. The molecule has 0 fully saturated rings. The molecule has 0 atom stereocenters. The molecule has 84 valence electrons. The van der Waals surface area contributed by atoms with Gasteiger partial charge < -0.3 is 10.0 Å². The Morgan fingerprint density at radius 2 is 2.13 bits per heavy atom. The molecule has 1 rings (SSSR count). The highest BCUT2D eigenvalue weighted by molar-refractivity contribution is 6.29. The first-order valence-corrected chi connectivity index (χ1v) is 5.39. The van der Waals surface area contributed by atoms with Crippen LogP contribution >= 0.6 is 11.6 Å². The maximum absolute atomic E-state index is 8.80. The van der Waals surface area contributed by atoms with E-state index >= 15 is 0 Å². The van der Waals surface area contributed by atoms with E-state index in [1.807, 2.05) is 6.07 Å². The quantitative estimate of drug-likeness (QED) is 0.836. The Balaban J connectivity index is 2.74. The van der Waals surface area contributed by atoms with E-state index < -0.39 is 0 Å². The van der Waals surface area contributed by atoms with Crippen LogP contribution in [-0.2, 0) is 0 Å². The maximum atomic E-state index is 8.80. The van der Waals surface area contributed by atoms with Crippen molar-refractivity contribution in [3.63, 3.8) is 0 Å². The van der Waals surface area contributed by atoms with E-state index in [1.54, 1.807) is 6.07 Å². The van der Waals surface area contributed by atoms with Gasteiger partial charge in [-0.15, -0.1) is 10.2 Å². The van der Waals surface area contributed by atoms with Crippen molar-refractivity contribution in [3.8, 4) is 0 Å². The average Bonchev–Trinajstić information content (AvgIpc) is 2.21. The second-order valence-electron chi connectivity index (χ2n) is 3.58.